The van der Waals surface area contributed by atoms with Crippen LogP contribution in [0.1, 0.15) is 11.1 Å². The predicted octanol–water partition coefficient (Wildman–Crippen LogP) is -0.897. The maximum Gasteiger partial charge on any atom is 1.00 e. The first-order valence-electron chi connectivity index (χ1n) is 4.72. The Morgan fingerprint density at radius 1 is 1.32 bits per heavy atom. The summed E-state index contributed by atoms with van der Waals surface area (Å²) in [5, 5.41) is 0. The van der Waals surface area contributed by atoms with Gasteiger partial charge in [0.15, 0.2) is 0 Å². The van der Waals surface area contributed by atoms with E-state index in [1.54, 1.807) is 0 Å². The molecule has 11 heteroatoms. The second kappa shape index (κ2) is 6.76. The summed E-state index contributed by atoms with van der Waals surface area (Å²) in [7, 11) is -5.31. The number of halogens is 4. The first-order chi connectivity index (χ1) is 7.98. The first-order valence-corrected chi connectivity index (χ1v) is 6.03. The number of rotatable bonds is 4. The van der Waals surface area contributed by atoms with Crippen molar-refractivity contribution < 1.29 is 80.8 Å². The second-order valence-corrected chi connectivity index (χ2v) is 4.65. The molecule has 0 radical (unpaired) electrons. The zero-order valence-electron chi connectivity index (χ0n) is 10.2. The fourth-order valence-corrected chi connectivity index (χ4v) is 1.74. The zero-order chi connectivity index (χ0) is 14.1. The zero-order valence-corrected chi connectivity index (χ0v) is 14.1. The third-order valence-corrected chi connectivity index (χ3v) is 2.50. The molecule has 0 aliphatic heterocycles. The van der Waals surface area contributed by atoms with Gasteiger partial charge in [-0.3, -0.25) is 0 Å². The number of nitrogen functional groups attached to an aromatic ring is 1. The van der Waals surface area contributed by atoms with E-state index in [1.807, 2.05) is 0 Å². The average Bonchev–Trinajstić information content (AvgIpc) is 2.08. The van der Waals surface area contributed by atoms with Crippen LogP contribution >= 0.6 is 0 Å². The Morgan fingerprint density at radius 2 is 1.84 bits per heavy atom. The predicted molar refractivity (Wildman–Crippen MR) is 59.0 cm³/mol. The molecule has 1 rings (SSSR count). The topological polar surface area (TPSA) is 69.4 Å². The number of benzene rings is 1. The van der Waals surface area contributed by atoms with Crippen LogP contribution in [0.4, 0.5) is 22.5 Å². The summed E-state index contributed by atoms with van der Waals surface area (Å²) >= 11 is 0. The van der Waals surface area contributed by atoms with Gasteiger partial charge in [0.1, 0.15) is 5.75 Å². The summed E-state index contributed by atoms with van der Waals surface area (Å²) < 4.78 is 73.6. The van der Waals surface area contributed by atoms with Gasteiger partial charge in [-0.2, -0.15) is 8.42 Å². The maximum atomic E-state index is 12.3. The largest absolute Gasteiger partial charge is 1.00 e. The van der Waals surface area contributed by atoms with Crippen LogP contribution in [-0.2, 0) is 16.8 Å². The van der Waals surface area contributed by atoms with Crippen molar-refractivity contribution in [1.29, 1.82) is 0 Å². The van der Waals surface area contributed by atoms with Gasteiger partial charge in [0.25, 0.3) is 0 Å². The minimum Gasteiger partial charge on any atom is -0.449 e. The molecule has 0 aliphatic rings. The van der Waals surface area contributed by atoms with Crippen LogP contribution in [0, 0.1) is 6.92 Å². The van der Waals surface area contributed by atoms with Gasteiger partial charge >= 0.3 is 68.9 Å². The third kappa shape index (κ3) is 6.95. The molecular formula is C8H9BF4KNO3S. The molecule has 0 atom stereocenters. The molecule has 4 nitrogen and oxygen atoms in total. The Balaban J connectivity index is 0.00000324. The molecule has 102 valence electrons. The minimum absolute atomic E-state index is 0. The molecule has 2 N–H and O–H groups in total. The van der Waals surface area contributed by atoms with Crippen LogP contribution in [0.15, 0.2) is 12.1 Å². The van der Waals surface area contributed by atoms with Crippen molar-refractivity contribution >= 4 is 23.2 Å². The van der Waals surface area contributed by atoms with Gasteiger partial charge in [0.05, 0.1) is 0 Å². The quantitative estimate of drug-likeness (QED) is 0.337. The Bertz CT molecular complexity index is 564. The van der Waals surface area contributed by atoms with E-state index in [-0.39, 0.29) is 68.2 Å². The van der Waals surface area contributed by atoms with Crippen molar-refractivity contribution in [2.45, 2.75) is 13.2 Å². The molecule has 0 saturated heterocycles. The molecule has 0 saturated carbocycles. The fourth-order valence-electron chi connectivity index (χ4n) is 1.35. The summed E-state index contributed by atoms with van der Waals surface area (Å²) in [6.07, 6.45) is -1.26. The van der Waals surface area contributed by atoms with Gasteiger partial charge in [0.2, 0.25) is 0 Å². The first kappa shape index (κ1) is 19.2. The second-order valence-electron chi connectivity index (χ2n) is 3.70. The van der Waals surface area contributed by atoms with E-state index in [1.165, 1.54) is 6.92 Å². The summed E-state index contributed by atoms with van der Waals surface area (Å²) in [5.74, 6) is -0.549. The van der Waals surface area contributed by atoms with E-state index < -0.39 is 29.6 Å². The Morgan fingerprint density at radius 3 is 2.26 bits per heavy atom. The molecule has 0 fully saturated rings. The van der Waals surface area contributed by atoms with Crippen LogP contribution in [0.25, 0.3) is 0 Å². The summed E-state index contributed by atoms with van der Waals surface area (Å²) in [6.45, 7) is -3.81. The van der Waals surface area contributed by atoms with Gasteiger partial charge in [0, 0.05) is 11.3 Å². The normalized spacial score (nSPS) is 11.8. The molecule has 1 aromatic carbocycles. The van der Waals surface area contributed by atoms with E-state index in [4.69, 9.17) is 5.73 Å². The Labute approximate surface area is 150 Å². The standard InChI is InChI=1S/C8H9BF4NO3S.K/c1-5-7(14)2-6(4-9(10,11)12)3-8(5)17-18(13,15)16;/h2-3H,4,14H2,1H3;/q-1;+1. The number of hydrogen-bond acceptors (Lipinski definition) is 4. The average molecular weight is 325 g/mol. The molecule has 0 bridgehead atoms. The van der Waals surface area contributed by atoms with E-state index >= 15 is 0 Å². The molecule has 19 heavy (non-hydrogen) atoms. The van der Waals surface area contributed by atoms with Gasteiger partial charge in [-0.05, 0) is 19.1 Å². The van der Waals surface area contributed by atoms with Gasteiger partial charge in [-0.25, -0.2) is 0 Å². The molecular weight excluding hydrogens is 316 g/mol. The monoisotopic (exact) mass is 325 g/mol. The van der Waals surface area contributed by atoms with E-state index in [9.17, 15) is 25.3 Å². The molecule has 0 spiro atoms. The van der Waals surface area contributed by atoms with Crippen molar-refractivity contribution in [2.75, 3.05) is 5.73 Å². The maximum absolute atomic E-state index is 12.3. The number of anilines is 1. The van der Waals surface area contributed by atoms with Crippen molar-refractivity contribution in [2.24, 2.45) is 0 Å². The SMILES string of the molecule is Cc1c(N)cc(C[B-](F)(F)F)cc1OS(=O)(=O)F.[K+]. The molecule has 1 aromatic rings. The van der Waals surface area contributed by atoms with Crippen molar-refractivity contribution in [3.8, 4) is 5.75 Å². The Kier molecular flexibility index (Phi) is 6.83. The van der Waals surface area contributed by atoms with Crippen molar-refractivity contribution in [3.05, 3.63) is 23.3 Å². The minimum atomic E-state index is -5.31. The molecule has 0 aromatic heterocycles. The van der Waals surface area contributed by atoms with Crippen LogP contribution in [0.5, 0.6) is 5.75 Å². The molecule has 0 amide bonds. The van der Waals surface area contributed by atoms with Crippen LogP contribution in [0.2, 0.25) is 0 Å². The van der Waals surface area contributed by atoms with Gasteiger partial charge < -0.3 is 22.9 Å². The van der Waals surface area contributed by atoms with Crippen molar-refractivity contribution in [1.82, 2.24) is 0 Å². The van der Waals surface area contributed by atoms with E-state index in [0.717, 1.165) is 12.1 Å². The Hall–Kier alpha value is 0.191. The summed E-state index contributed by atoms with van der Waals surface area (Å²) in [5.41, 5.74) is 5.06. The van der Waals surface area contributed by atoms with Gasteiger partial charge in [-0.1, -0.05) is 15.8 Å². The van der Waals surface area contributed by atoms with Crippen LogP contribution < -0.4 is 61.3 Å². The van der Waals surface area contributed by atoms with Gasteiger partial charge in [-0.15, -0.1) is 0 Å². The van der Waals surface area contributed by atoms with Crippen molar-refractivity contribution in [3.63, 3.8) is 0 Å². The fraction of sp³-hybridized carbons (Fsp3) is 0.250. The summed E-state index contributed by atoms with van der Waals surface area (Å²) in [4.78, 5) is 0. The smallest absolute Gasteiger partial charge is 0.449 e. The number of nitrogens with two attached hydrogens (primary N) is 1. The number of hydrogen-bond donors (Lipinski definition) is 1. The molecule has 0 aliphatic carbocycles. The molecule has 0 heterocycles. The van der Waals surface area contributed by atoms with E-state index in [2.05, 4.69) is 4.18 Å². The van der Waals surface area contributed by atoms with Crippen LogP contribution in [-0.4, -0.2) is 15.4 Å². The third-order valence-electron chi connectivity index (χ3n) is 2.12. The summed E-state index contributed by atoms with van der Waals surface area (Å²) in [6, 6.07) is 1.85. The van der Waals surface area contributed by atoms with Crippen LogP contribution in [0.3, 0.4) is 0 Å². The van der Waals surface area contributed by atoms with E-state index in [0.29, 0.717) is 0 Å². The molecule has 0 unspecified atom stereocenters.